The lowest BCUT2D eigenvalue weighted by atomic mass is 9.96. The van der Waals surface area contributed by atoms with E-state index in [1.165, 1.54) is 6.42 Å². The highest BCUT2D eigenvalue weighted by molar-refractivity contribution is 7.86. The summed E-state index contributed by atoms with van der Waals surface area (Å²) in [5.74, 6) is 0.713. The van der Waals surface area contributed by atoms with Crippen LogP contribution in [-0.2, 0) is 15.0 Å². The van der Waals surface area contributed by atoms with Gasteiger partial charge in [0.15, 0.2) is 0 Å². The van der Waals surface area contributed by atoms with Crippen molar-refractivity contribution in [3.05, 3.63) is 30.3 Å². The first-order chi connectivity index (χ1) is 14.5. The van der Waals surface area contributed by atoms with E-state index in [4.69, 9.17) is 4.74 Å². The van der Waals surface area contributed by atoms with Gasteiger partial charge in [0.25, 0.3) is 10.2 Å². The van der Waals surface area contributed by atoms with Crippen LogP contribution in [0.5, 0.6) is 5.75 Å². The molecule has 2 aliphatic rings. The van der Waals surface area contributed by atoms with Crippen molar-refractivity contribution in [2.75, 3.05) is 52.9 Å². The van der Waals surface area contributed by atoms with Crippen LogP contribution in [0.15, 0.2) is 30.3 Å². The fraction of sp³-hybridized carbons (Fsp3) is 0.667. The summed E-state index contributed by atoms with van der Waals surface area (Å²) < 4.78 is 34.6. The summed E-state index contributed by atoms with van der Waals surface area (Å²) in [4.78, 5) is 14.2. The molecular weight excluding hydrogens is 404 g/mol. The van der Waals surface area contributed by atoms with Gasteiger partial charge in [-0.25, -0.2) is 0 Å². The van der Waals surface area contributed by atoms with Crippen molar-refractivity contribution in [1.82, 2.24) is 18.8 Å². The molecule has 1 N–H and O–H groups in total. The number of nitrogens with one attached hydrogen (secondary N) is 1. The highest BCUT2D eigenvalue weighted by Crippen LogP contribution is 2.25. The second kappa shape index (κ2) is 11.1. The van der Waals surface area contributed by atoms with Gasteiger partial charge in [0, 0.05) is 39.3 Å². The third-order valence-electron chi connectivity index (χ3n) is 5.91. The minimum atomic E-state index is -3.43. The molecule has 1 aromatic carbocycles. The molecule has 1 heterocycles. The Morgan fingerprint density at radius 3 is 2.43 bits per heavy atom. The molecule has 30 heavy (non-hydrogen) atoms. The minimum absolute atomic E-state index is 0.0673. The number of carbonyl (C=O) groups excluding carboxylic acids is 1. The lowest BCUT2D eigenvalue weighted by molar-refractivity contribution is -0.122. The SMILES string of the molecule is CN(C1CCCCC1)S(=O)(=O)N1CCN(CC(=O)NCCOc2ccccc2)CC1. The average Bonchev–Trinajstić information content (AvgIpc) is 2.78. The van der Waals surface area contributed by atoms with Crippen LogP contribution in [0.4, 0.5) is 0 Å². The largest absolute Gasteiger partial charge is 0.492 e. The van der Waals surface area contributed by atoms with Crippen molar-refractivity contribution in [1.29, 1.82) is 0 Å². The van der Waals surface area contributed by atoms with Gasteiger partial charge in [0.05, 0.1) is 13.1 Å². The molecule has 8 nitrogen and oxygen atoms in total. The van der Waals surface area contributed by atoms with E-state index in [1.807, 2.05) is 35.2 Å². The number of benzene rings is 1. The Morgan fingerprint density at radius 1 is 1.10 bits per heavy atom. The van der Waals surface area contributed by atoms with Crippen molar-refractivity contribution in [3.63, 3.8) is 0 Å². The van der Waals surface area contributed by atoms with E-state index < -0.39 is 10.2 Å². The first-order valence-electron chi connectivity index (χ1n) is 10.9. The molecule has 0 bridgehead atoms. The van der Waals surface area contributed by atoms with Gasteiger partial charge in [-0.05, 0) is 25.0 Å². The van der Waals surface area contributed by atoms with Crippen LogP contribution in [-0.4, -0.2) is 86.8 Å². The molecule has 1 aliphatic carbocycles. The number of piperazine rings is 1. The number of carbonyl (C=O) groups is 1. The molecule has 1 aromatic rings. The second-order valence-corrected chi connectivity index (χ2v) is 9.99. The second-order valence-electron chi connectivity index (χ2n) is 8.00. The predicted octanol–water partition coefficient (Wildman–Crippen LogP) is 1.31. The van der Waals surface area contributed by atoms with E-state index in [0.29, 0.717) is 39.3 Å². The fourth-order valence-corrected chi connectivity index (χ4v) is 5.65. The normalized spacial score (nSPS) is 19.7. The van der Waals surface area contributed by atoms with Crippen LogP contribution in [0.1, 0.15) is 32.1 Å². The molecule has 0 spiro atoms. The average molecular weight is 439 g/mol. The molecule has 0 aromatic heterocycles. The summed E-state index contributed by atoms with van der Waals surface area (Å²) in [6, 6.07) is 9.60. The number of para-hydroxylation sites is 1. The molecule has 0 atom stereocenters. The first-order valence-corrected chi connectivity index (χ1v) is 12.3. The molecule has 0 radical (unpaired) electrons. The summed E-state index contributed by atoms with van der Waals surface area (Å²) in [6.45, 7) is 3.09. The molecule has 168 valence electrons. The van der Waals surface area contributed by atoms with Gasteiger partial charge in [-0.3, -0.25) is 9.69 Å². The molecule has 0 unspecified atom stereocenters. The third-order valence-corrected chi connectivity index (χ3v) is 7.96. The van der Waals surface area contributed by atoms with E-state index in [2.05, 4.69) is 5.32 Å². The van der Waals surface area contributed by atoms with Gasteiger partial charge in [-0.15, -0.1) is 0 Å². The van der Waals surface area contributed by atoms with Gasteiger partial charge in [0.1, 0.15) is 12.4 Å². The van der Waals surface area contributed by atoms with Crippen LogP contribution in [0.2, 0.25) is 0 Å². The molecular formula is C21H34N4O4S. The smallest absolute Gasteiger partial charge is 0.282 e. The molecule has 1 saturated heterocycles. The van der Waals surface area contributed by atoms with E-state index in [-0.39, 0.29) is 18.5 Å². The van der Waals surface area contributed by atoms with Crippen molar-refractivity contribution in [2.45, 2.75) is 38.1 Å². The van der Waals surface area contributed by atoms with Crippen LogP contribution >= 0.6 is 0 Å². The Morgan fingerprint density at radius 2 is 1.77 bits per heavy atom. The minimum Gasteiger partial charge on any atom is -0.492 e. The Labute approximate surface area is 180 Å². The molecule has 3 rings (SSSR count). The zero-order valence-corrected chi connectivity index (χ0v) is 18.6. The van der Waals surface area contributed by atoms with Gasteiger partial charge in [-0.1, -0.05) is 37.5 Å². The zero-order chi connectivity index (χ0) is 21.4. The van der Waals surface area contributed by atoms with E-state index >= 15 is 0 Å². The van der Waals surface area contributed by atoms with Gasteiger partial charge in [-0.2, -0.15) is 17.0 Å². The molecule has 1 amide bonds. The molecule has 1 aliphatic heterocycles. The van der Waals surface area contributed by atoms with Gasteiger partial charge in [0.2, 0.25) is 5.91 Å². The lowest BCUT2D eigenvalue weighted by Gasteiger charge is -2.38. The molecule has 9 heteroatoms. The zero-order valence-electron chi connectivity index (χ0n) is 17.8. The number of ether oxygens (including phenoxy) is 1. The summed E-state index contributed by atoms with van der Waals surface area (Å²) >= 11 is 0. The lowest BCUT2D eigenvalue weighted by Crippen LogP contribution is -2.55. The fourth-order valence-electron chi connectivity index (χ4n) is 4.07. The van der Waals surface area contributed by atoms with E-state index in [0.717, 1.165) is 31.4 Å². The highest BCUT2D eigenvalue weighted by Gasteiger charge is 2.34. The molecule has 1 saturated carbocycles. The van der Waals surface area contributed by atoms with Crippen LogP contribution < -0.4 is 10.1 Å². The Hall–Kier alpha value is -1.68. The monoisotopic (exact) mass is 438 g/mol. The van der Waals surface area contributed by atoms with Crippen molar-refractivity contribution >= 4 is 16.1 Å². The van der Waals surface area contributed by atoms with Crippen molar-refractivity contribution in [2.24, 2.45) is 0 Å². The number of nitrogens with zero attached hydrogens (tertiary/aromatic N) is 3. The van der Waals surface area contributed by atoms with Crippen LogP contribution in [0.25, 0.3) is 0 Å². The summed E-state index contributed by atoms with van der Waals surface area (Å²) in [6.07, 6.45) is 5.30. The Balaban J connectivity index is 1.35. The quantitative estimate of drug-likeness (QED) is 0.588. The number of rotatable bonds is 9. The van der Waals surface area contributed by atoms with Crippen molar-refractivity contribution < 1.29 is 17.9 Å². The summed E-state index contributed by atoms with van der Waals surface area (Å²) in [7, 11) is -1.72. The number of hydrogen-bond donors (Lipinski definition) is 1. The number of amides is 1. The summed E-state index contributed by atoms with van der Waals surface area (Å²) in [5.41, 5.74) is 0. The molecule has 2 fully saturated rings. The topological polar surface area (TPSA) is 82.2 Å². The third kappa shape index (κ3) is 6.41. The maximum absolute atomic E-state index is 12.9. The van der Waals surface area contributed by atoms with E-state index in [1.54, 1.807) is 15.7 Å². The van der Waals surface area contributed by atoms with Gasteiger partial charge >= 0.3 is 0 Å². The maximum Gasteiger partial charge on any atom is 0.282 e. The van der Waals surface area contributed by atoms with Crippen LogP contribution in [0.3, 0.4) is 0 Å². The Bertz CT molecular complexity index is 760. The standard InChI is InChI=1S/C21H34N4O4S/c1-23(19-8-4-2-5-9-19)30(27,28)25-15-13-24(14-16-25)18-21(26)22-12-17-29-20-10-6-3-7-11-20/h3,6-7,10-11,19H,2,4-5,8-9,12-18H2,1H3,(H,22,26). The number of hydrogen-bond acceptors (Lipinski definition) is 5. The summed E-state index contributed by atoms with van der Waals surface area (Å²) in [5, 5.41) is 2.86. The first kappa shape index (κ1) is 23.0. The Kier molecular flexibility index (Phi) is 8.50. The van der Waals surface area contributed by atoms with Crippen molar-refractivity contribution in [3.8, 4) is 5.75 Å². The maximum atomic E-state index is 12.9. The highest BCUT2D eigenvalue weighted by atomic mass is 32.2. The van der Waals surface area contributed by atoms with E-state index in [9.17, 15) is 13.2 Å². The van der Waals surface area contributed by atoms with Crippen LogP contribution in [0, 0.1) is 0 Å². The van der Waals surface area contributed by atoms with Gasteiger partial charge < -0.3 is 10.1 Å². The predicted molar refractivity (Wildman–Crippen MR) is 117 cm³/mol.